The molecule has 0 saturated heterocycles. The summed E-state index contributed by atoms with van der Waals surface area (Å²) in [4.78, 5) is 9.03. The van der Waals surface area contributed by atoms with Gasteiger partial charge in [-0.25, -0.2) is 0 Å². The third-order valence-electron chi connectivity index (χ3n) is 0.865. The van der Waals surface area contributed by atoms with Gasteiger partial charge in [-0.05, 0) is 12.6 Å². The summed E-state index contributed by atoms with van der Waals surface area (Å²) in [6.45, 7) is 4.05. The third-order valence-corrected chi connectivity index (χ3v) is 4.72. The van der Waals surface area contributed by atoms with Gasteiger partial charge in [0, 0.05) is 9.76 Å². The Bertz CT molecular complexity index is 38.5. The normalized spacial score (nSPS) is 20.5. The second-order valence-corrected chi connectivity index (χ2v) is 13.0. The molecule has 1 atom stereocenters. The van der Waals surface area contributed by atoms with E-state index in [1.165, 1.54) is 0 Å². The molecule has 0 aromatic heterocycles. The molecule has 0 aliphatic carbocycles. The Morgan fingerprint density at radius 1 is 1.83 bits per heavy atom. The van der Waals surface area contributed by atoms with E-state index in [4.69, 9.17) is 4.80 Å². The van der Waals surface area contributed by atoms with Crippen LogP contribution in [-0.2, 0) is 0 Å². The molecule has 0 aromatic rings. The highest BCUT2D eigenvalue weighted by atomic mass is 29.2. The molecule has 0 bridgehead atoms. The minimum Gasteiger partial charge on any atom is -0.436 e. The molecule has 0 aliphatic heterocycles. The highest BCUT2D eigenvalue weighted by molar-refractivity contribution is 7.11. The Morgan fingerprint density at radius 2 is 2.00 bits per heavy atom. The minimum atomic E-state index is -1.49. The molecule has 0 heterocycles. The highest BCUT2D eigenvalue weighted by Gasteiger charge is 2.10. The van der Waals surface area contributed by atoms with Crippen molar-refractivity contribution in [1.29, 1.82) is 0 Å². The molecule has 1 N–H and O–H groups in total. The van der Waals surface area contributed by atoms with Crippen molar-refractivity contribution in [1.82, 2.24) is 0 Å². The molecule has 1 unspecified atom stereocenters. The Balaban J connectivity index is 3.17. The summed E-state index contributed by atoms with van der Waals surface area (Å²) in [5.41, 5.74) is 0. The third kappa shape index (κ3) is 4.39. The summed E-state index contributed by atoms with van der Waals surface area (Å²) < 4.78 is 0. The summed E-state index contributed by atoms with van der Waals surface area (Å²) in [7, 11) is -0.469. The molecule has 0 aliphatic rings. The predicted octanol–water partition coefficient (Wildman–Crippen LogP) is -0.564. The van der Waals surface area contributed by atoms with Gasteiger partial charge in [-0.1, -0.05) is 6.92 Å². The van der Waals surface area contributed by atoms with Crippen LogP contribution < -0.4 is 0 Å². The lowest BCUT2D eigenvalue weighted by Crippen LogP contribution is -2.28. The van der Waals surface area contributed by atoms with Gasteiger partial charge in [0.1, 0.15) is 0 Å². The van der Waals surface area contributed by atoms with Gasteiger partial charge in [0.25, 0.3) is 0 Å². The molecular formula is C3H12OSi2. The molecule has 0 saturated carbocycles. The van der Waals surface area contributed by atoms with Crippen LogP contribution in [0.3, 0.4) is 0 Å². The van der Waals surface area contributed by atoms with Crippen molar-refractivity contribution in [2.45, 2.75) is 19.5 Å². The molecule has 0 rings (SSSR count). The maximum atomic E-state index is 9.03. The van der Waals surface area contributed by atoms with Crippen molar-refractivity contribution in [3.05, 3.63) is 0 Å². The van der Waals surface area contributed by atoms with E-state index >= 15 is 0 Å². The van der Waals surface area contributed by atoms with E-state index < -0.39 is 7.83 Å². The molecule has 6 heavy (non-hydrogen) atoms. The van der Waals surface area contributed by atoms with Gasteiger partial charge in [-0.2, -0.15) is 0 Å². The van der Waals surface area contributed by atoms with Gasteiger partial charge < -0.3 is 4.80 Å². The lowest BCUT2D eigenvalue weighted by molar-refractivity contribution is 0.568. The standard InChI is InChI=1S/C3H12OSi2/c1-3-6(2,4)5/h4H,3H2,1-2,5H3. The predicted molar refractivity (Wildman–Crippen MR) is 34.3 cm³/mol. The number of hydrogen-bond acceptors (Lipinski definition) is 1. The van der Waals surface area contributed by atoms with Gasteiger partial charge in [0.05, 0.1) is 0 Å². The van der Waals surface area contributed by atoms with Crippen molar-refractivity contribution in [3.8, 4) is 0 Å². The van der Waals surface area contributed by atoms with E-state index in [0.29, 0.717) is 0 Å². The topological polar surface area (TPSA) is 20.2 Å². The van der Waals surface area contributed by atoms with E-state index in [-0.39, 0.29) is 0 Å². The van der Waals surface area contributed by atoms with E-state index in [0.717, 1.165) is 15.8 Å². The SMILES string of the molecule is CC[Si](C)(O)[SiH3]. The quantitative estimate of drug-likeness (QED) is 0.460. The maximum Gasteiger partial charge on any atom is 0.161 e. The van der Waals surface area contributed by atoms with Crippen LogP contribution in [0.4, 0.5) is 0 Å². The second-order valence-electron chi connectivity index (χ2n) is 2.17. The Hall–Kier alpha value is 0.394. The van der Waals surface area contributed by atoms with E-state index in [1.807, 2.05) is 6.55 Å². The molecule has 0 fully saturated rings. The largest absolute Gasteiger partial charge is 0.436 e. The zero-order chi connectivity index (χ0) is 5.21. The van der Waals surface area contributed by atoms with Crippen LogP contribution in [0.25, 0.3) is 0 Å². The van der Waals surface area contributed by atoms with Crippen LogP contribution in [-0.4, -0.2) is 22.4 Å². The van der Waals surface area contributed by atoms with Crippen molar-refractivity contribution in [3.63, 3.8) is 0 Å². The van der Waals surface area contributed by atoms with Crippen LogP contribution in [0, 0.1) is 0 Å². The first-order valence-corrected chi connectivity index (χ1v) is 8.44. The van der Waals surface area contributed by atoms with Crippen LogP contribution in [0.5, 0.6) is 0 Å². The zero-order valence-electron chi connectivity index (χ0n) is 4.65. The maximum absolute atomic E-state index is 9.03. The summed E-state index contributed by atoms with van der Waals surface area (Å²) in [6, 6.07) is 1.03. The summed E-state index contributed by atoms with van der Waals surface area (Å²) in [5, 5.41) is 0. The minimum absolute atomic E-state index is 1.02. The number of rotatable bonds is 1. The second kappa shape index (κ2) is 1.90. The smallest absolute Gasteiger partial charge is 0.161 e. The van der Waals surface area contributed by atoms with E-state index in [2.05, 4.69) is 6.92 Å². The Kier molecular flexibility index (Phi) is 2.03. The van der Waals surface area contributed by atoms with Crippen molar-refractivity contribution in [2.75, 3.05) is 0 Å². The monoisotopic (exact) mass is 120 g/mol. The molecular weight excluding hydrogens is 108 g/mol. The molecule has 1 nitrogen and oxygen atoms in total. The van der Waals surface area contributed by atoms with Crippen LogP contribution in [0.15, 0.2) is 0 Å². The fourth-order valence-electron chi connectivity index (χ4n) is 0. The van der Waals surface area contributed by atoms with E-state index in [9.17, 15) is 0 Å². The molecule has 0 radical (unpaired) electrons. The molecule has 3 heteroatoms. The lowest BCUT2D eigenvalue weighted by atomic mass is 11.0. The van der Waals surface area contributed by atoms with Crippen LogP contribution in [0.2, 0.25) is 12.6 Å². The average Bonchev–Trinajstić information content (AvgIpc) is 1.35. The first-order chi connectivity index (χ1) is 2.56. The van der Waals surface area contributed by atoms with Crippen molar-refractivity contribution < 1.29 is 4.80 Å². The Labute approximate surface area is 42.7 Å². The van der Waals surface area contributed by atoms with Gasteiger partial charge in [-0.15, -0.1) is 0 Å². The molecule has 38 valence electrons. The summed E-state index contributed by atoms with van der Waals surface area (Å²) >= 11 is 0. The van der Waals surface area contributed by atoms with Crippen molar-refractivity contribution >= 4 is 17.6 Å². The molecule has 0 amide bonds. The van der Waals surface area contributed by atoms with Crippen molar-refractivity contribution in [2.24, 2.45) is 0 Å². The zero-order valence-corrected chi connectivity index (χ0v) is 7.65. The lowest BCUT2D eigenvalue weighted by Gasteiger charge is -2.07. The first-order valence-electron chi connectivity index (χ1n) is 2.28. The van der Waals surface area contributed by atoms with Gasteiger partial charge >= 0.3 is 0 Å². The van der Waals surface area contributed by atoms with Crippen LogP contribution in [0.1, 0.15) is 6.92 Å². The fraction of sp³-hybridized carbons (Fsp3) is 1.00. The summed E-state index contributed by atoms with van der Waals surface area (Å²) in [5.74, 6) is 0. The average molecular weight is 120 g/mol. The van der Waals surface area contributed by atoms with Crippen LogP contribution >= 0.6 is 0 Å². The van der Waals surface area contributed by atoms with Gasteiger partial charge in [0.2, 0.25) is 0 Å². The molecule has 0 spiro atoms. The van der Waals surface area contributed by atoms with Gasteiger partial charge in [-0.3, -0.25) is 0 Å². The van der Waals surface area contributed by atoms with E-state index in [1.54, 1.807) is 0 Å². The Morgan fingerprint density at radius 3 is 2.00 bits per heavy atom. The highest BCUT2D eigenvalue weighted by Crippen LogP contribution is 1.94. The van der Waals surface area contributed by atoms with Gasteiger partial charge in [0.15, 0.2) is 7.83 Å². The summed E-state index contributed by atoms with van der Waals surface area (Å²) in [6.07, 6.45) is 0. The molecule has 0 aromatic carbocycles. The fourth-order valence-corrected chi connectivity index (χ4v) is 0. The number of hydrogen-bond donors (Lipinski definition) is 1. The first kappa shape index (κ1) is 6.39.